The standard InChI is InChI=1S/C12H19N3O2/c1-9-2-5-11(6-3-9)15-8-10(13-14-15)4-7-12(16)17/h8-9,11H,2-7H2,1H3,(H,16,17). The van der Waals surface area contributed by atoms with Crippen molar-refractivity contribution in [1.29, 1.82) is 0 Å². The van der Waals surface area contributed by atoms with Crippen LogP contribution in [-0.4, -0.2) is 26.1 Å². The third-order valence-electron chi connectivity index (χ3n) is 3.51. The van der Waals surface area contributed by atoms with Gasteiger partial charge in [0, 0.05) is 12.6 Å². The molecule has 1 N–H and O–H groups in total. The maximum absolute atomic E-state index is 10.5. The molecule has 0 amide bonds. The van der Waals surface area contributed by atoms with Crippen molar-refractivity contribution >= 4 is 5.97 Å². The fraction of sp³-hybridized carbons (Fsp3) is 0.750. The summed E-state index contributed by atoms with van der Waals surface area (Å²) in [7, 11) is 0. The van der Waals surface area contributed by atoms with Crippen LogP contribution in [0, 0.1) is 5.92 Å². The number of hydrogen-bond acceptors (Lipinski definition) is 3. The summed E-state index contributed by atoms with van der Waals surface area (Å²) in [6, 6.07) is 0.456. The largest absolute Gasteiger partial charge is 0.481 e. The van der Waals surface area contributed by atoms with E-state index < -0.39 is 5.97 Å². The minimum absolute atomic E-state index is 0.125. The molecule has 1 aliphatic carbocycles. The molecule has 1 saturated carbocycles. The predicted octanol–water partition coefficient (Wildman–Crippen LogP) is 2.05. The van der Waals surface area contributed by atoms with E-state index in [1.165, 1.54) is 12.8 Å². The Morgan fingerprint density at radius 1 is 1.47 bits per heavy atom. The number of hydrogen-bond donors (Lipinski definition) is 1. The summed E-state index contributed by atoms with van der Waals surface area (Å²) >= 11 is 0. The van der Waals surface area contributed by atoms with E-state index in [4.69, 9.17) is 5.11 Å². The Bertz CT molecular complexity index is 381. The van der Waals surface area contributed by atoms with Crippen LogP contribution in [-0.2, 0) is 11.2 Å². The molecular weight excluding hydrogens is 218 g/mol. The lowest BCUT2D eigenvalue weighted by Gasteiger charge is -2.25. The lowest BCUT2D eigenvalue weighted by molar-refractivity contribution is -0.136. The first kappa shape index (κ1) is 12.1. The second kappa shape index (κ2) is 5.29. The van der Waals surface area contributed by atoms with Crippen LogP contribution in [0.15, 0.2) is 6.20 Å². The maximum Gasteiger partial charge on any atom is 0.303 e. The molecule has 5 nitrogen and oxygen atoms in total. The molecule has 0 unspecified atom stereocenters. The van der Waals surface area contributed by atoms with Gasteiger partial charge in [0.2, 0.25) is 0 Å². The third-order valence-corrected chi connectivity index (χ3v) is 3.51. The van der Waals surface area contributed by atoms with Crippen molar-refractivity contribution in [2.75, 3.05) is 0 Å². The Kier molecular flexibility index (Phi) is 3.76. The van der Waals surface area contributed by atoms with E-state index in [0.29, 0.717) is 12.5 Å². The van der Waals surface area contributed by atoms with Gasteiger partial charge in [0.05, 0.1) is 18.2 Å². The second-order valence-electron chi connectivity index (χ2n) is 5.00. The first-order chi connectivity index (χ1) is 8.15. The van der Waals surface area contributed by atoms with Crippen molar-refractivity contribution < 1.29 is 9.90 Å². The normalized spacial score (nSPS) is 24.8. The lowest BCUT2D eigenvalue weighted by Crippen LogP contribution is -2.17. The first-order valence-corrected chi connectivity index (χ1v) is 6.27. The molecule has 94 valence electrons. The number of carbonyl (C=O) groups is 1. The van der Waals surface area contributed by atoms with E-state index in [9.17, 15) is 4.79 Å². The smallest absolute Gasteiger partial charge is 0.303 e. The number of rotatable bonds is 4. The summed E-state index contributed by atoms with van der Waals surface area (Å²) in [6.07, 6.45) is 7.30. The Balaban J connectivity index is 1.91. The van der Waals surface area contributed by atoms with E-state index in [0.717, 1.165) is 24.5 Å². The molecule has 0 aliphatic heterocycles. The summed E-state index contributed by atoms with van der Waals surface area (Å²) in [5, 5.41) is 16.8. The van der Waals surface area contributed by atoms with E-state index in [2.05, 4.69) is 17.2 Å². The van der Waals surface area contributed by atoms with Gasteiger partial charge in [0.15, 0.2) is 0 Å². The Morgan fingerprint density at radius 2 is 2.18 bits per heavy atom. The molecule has 2 rings (SSSR count). The molecule has 0 spiro atoms. The SMILES string of the molecule is CC1CCC(n2cc(CCC(=O)O)nn2)CC1. The highest BCUT2D eigenvalue weighted by atomic mass is 16.4. The van der Waals surface area contributed by atoms with Crippen molar-refractivity contribution in [2.24, 2.45) is 5.92 Å². The van der Waals surface area contributed by atoms with E-state index in [1.807, 2.05) is 10.9 Å². The number of aromatic nitrogens is 3. The molecule has 5 heteroatoms. The zero-order valence-corrected chi connectivity index (χ0v) is 10.2. The summed E-state index contributed by atoms with van der Waals surface area (Å²) in [6.45, 7) is 2.29. The Morgan fingerprint density at radius 3 is 2.82 bits per heavy atom. The van der Waals surface area contributed by atoms with Gasteiger partial charge < -0.3 is 5.11 Å². The Labute approximate surface area is 101 Å². The second-order valence-corrected chi connectivity index (χ2v) is 5.00. The van der Waals surface area contributed by atoms with Crippen molar-refractivity contribution in [3.63, 3.8) is 0 Å². The maximum atomic E-state index is 10.5. The van der Waals surface area contributed by atoms with Crippen molar-refractivity contribution in [3.05, 3.63) is 11.9 Å². The van der Waals surface area contributed by atoms with Crippen LogP contribution in [0.5, 0.6) is 0 Å². The van der Waals surface area contributed by atoms with Gasteiger partial charge in [0.1, 0.15) is 0 Å². The van der Waals surface area contributed by atoms with Crippen LogP contribution in [0.3, 0.4) is 0 Å². The van der Waals surface area contributed by atoms with Gasteiger partial charge in [-0.05, 0) is 31.6 Å². The average Bonchev–Trinajstić information content (AvgIpc) is 2.76. The highest BCUT2D eigenvalue weighted by molar-refractivity contribution is 5.66. The Hall–Kier alpha value is -1.39. The molecule has 1 aliphatic rings. The number of carboxylic acid groups (broad SMARTS) is 1. The van der Waals surface area contributed by atoms with Crippen molar-refractivity contribution in [1.82, 2.24) is 15.0 Å². The highest BCUT2D eigenvalue weighted by Gasteiger charge is 2.20. The number of aliphatic carboxylic acids is 1. The van der Waals surface area contributed by atoms with Crippen LogP contribution < -0.4 is 0 Å². The molecule has 1 heterocycles. The molecule has 0 radical (unpaired) electrons. The van der Waals surface area contributed by atoms with Gasteiger partial charge in [-0.25, -0.2) is 4.68 Å². The van der Waals surface area contributed by atoms with Crippen molar-refractivity contribution in [3.8, 4) is 0 Å². The van der Waals surface area contributed by atoms with Gasteiger partial charge in [-0.3, -0.25) is 4.79 Å². The molecule has 1 aromatic rings. The van der Waals surface area contributed by atoms with Crippen LogP contribution in [0.2, 0.25) is 0 Å². The third kappa shape index (κ3) is 3.28. The molecule has 0 atom stereocenters. The predicted molar refractivity (Wildman–Crippen MR) is 62.6 cm³/mol. The molecule has 0 bridgehead atoms. The molecule has 17 heavy (non-hydrogen) atoms. The van der Waals surface area contributed by atoms with Gasteiger partial charge in [-0.15, -0.1) is 5.10 Å². The summed E-state index contributed by atoms with van der Waals surface area (Å²) in [4.78, 5) is 10.5. The average molecular weight is 237 g/mol. The minimum atomic E-state index is -0.786. The fourth-order valence-corrected chi connectivity index (χ4v) is 2.35. The topological polar surface area (TPSA) is 68.0 Å². The molecule has 0 saturated heterocycles. The van der Waals surface area contributed by atoms with Gasteiger partial charge in [0.25, 0.3) is 0 Å². The quantitative estimate of drug-likeness (QED) is 0.870. The van der Waals surface area contributed by atoms with Crippen molar-refractivity contribution in [2.45, 2.75) is 51.5 Å². The fourth-order valence-electron chi connectivity index (χ4n) is 2.35. The molecular formula is C12H19N3O2. The first-order valence-electron chi connectivity index (χ1n) is 6.27. The van der Waals surface area contributed by atoms with Gasteiger partial charge in [-0.1, -0.05) is 12.1 Å². The van der Waals surface area contributed by atoms with Crippen LogP contribution in [0.25, 0.3) is 0 Å². The number of nitrogens with zero attached hydrogens (tertiary/aromatic N) is 3. The summed E-state index contributed by atoms with van der Waals surface area (Å²) < 4.78 is 1.92. The lowest BCUT2D eigenvalue weighted by atomic mass is 9.87. The summed E-state index contributed by atoms with van der Waals surface area (Å²) in [5.74, 6) is 0.0345. The zero-order valence-electron chi connectivity index (χ0n) is 10.2. The molecule has 1 aromatic heterocycles. The van der Waals surface area contributed by atoms with E-state index in [1.54, 1.807) is 0 Å². The number of aryl methyl sites for hydroxylation is 1. The van der Waals surface area contributed by atoms with Crippen LogP contribution in [0.1, 0.15) is 50.8 Å². The van der Waals surface area contributed by atoms with Gasteiger partial charge in [-0.2, -0.15) is 0 Å². The monoisotopic (exact) mass is 237 g/mol. The van der Waals surface area contributed by atoms with Crippen LogP contribution in [0.4, 0.5) is 0 Å². The zero-order chi connectivity index (χ0) is 12.3. The summed E-state index contributed by atoms with van der Waals surface area (Å²) in [5.41, 5.74) is 0.783. The minimum Gasteiger partial charge on any atom is -0.481 e. The van der Waals surface area contributed by atoms with Crippen LogP contribution >= 0.6 is 0 Å². The molecule has 1 fully saturated rings. The highest BCUT2D eigenvalue weighted by Crippen LogP contribution is 2.31. The number of carboxylic acids is 1. The van der Waals surface area contributed by atoms with Gasteiger partial charge >= 0.3 is 5.97 Å². The molecule has 0 aromatic carbocycles. The van der Waals surface area contributed by atoms with E-state index in [-0.39, 0.29) is 6.42 Å². The van der Waals surface area contributed by atoms with E-state index >= 15 is 0 Å².